The van der Waals surface area contributed by atoms with Crippen LogP contribution >= 0.6 is 0 Å². The molecule has 0 fully saturated rings. The lowest BCUT2D eigenvalue weighted by molar-refractivity contribution is 0.0752. The molecule has 5 nitrogen and oxygen atoms in total. The minimum atomic E-state index is -0.0643. The fourth-order valence-electron chi connectivity index (χ4n) is 2.39. The Labute approximate surface area is 142 Å². The monoisotopic (exact) mass is 329 g/mol. The van der Waals surface area contributed by atoms with E-state index in [1.165, 1.54) is 0 Å². The van der Waals surface area contributed by atoms with Gasteiger partial charge in [-0.2, -0.15) is 0 Å². The van der Waals surface area contributed by atoms with Crippen LogP contribution in [-0.4, -0.2) is 38.7 Å². The van der Waals surface area contributed by atoms with E-state index in [9.17, 15) is 4.79 Å². The van der Waals surface area contributed by atoms with Gasteiger partial charge in [0.05, 0.1) is 21.3 Å². The maximum absolute atomic E-state index is 12.8. The molecule has 128 valence electrons. The van der Waals surface area contributed by atoms with Crippen molar-refractivity contribution >= 4 is 5.91 Å². The zero-order valence-corrected chi connectivity index (χ0v) is 14.5. The average molecular weight is 329 g/mol. The van der Waals surface area contributed by atoms with Crippen molar-refractivity contribution in [2.45, 2.75) is 13.5 Å². The Morgan fingerprint density at radius 3 is 1.88 bits per heavy atom. The molecule has 0 aliphatic carbocycles. The normalized spacial score (nSPS) is 10.2. The van der Waals surface area contributed by atoms with Crippen molar-refractivity contribution in [3.63, 3.8) is 0 Å². The van der Waals surface area contributed by atoms with Crippen molar-refractivity contribution in [1.82, 2.24) is 4.90 Å². The number of amides is 1. The maximum atomic E-state index is 12.8. The SMILES string of the molecule is CCN(Cc1ccc(OC)cc1)C(=O)c1cc(OC)cc(OC)c1. The van der Waals surface area contributed by atoms with Gasteiger partial charge in [-0.25, -0.2) is 0 Å². The number of benzene rings is 2. The van der Waals surface area contributed by atoms with Crippen molar-refractivity contribution < 1.29 is 19.0 Å². The Hall–Kier alpha value is -2.69. The number of nitrogens with zero attached hydrogens (tertiary/aromatic N) is 1. The van der Waals surface area contributed by atoms with Crippen LogP contribution in [0.4, 0.5) is 0 Å². The quantitative estimate of drug-likeness (QED) is 0.781. The van der Waals surface area contributed by atoms with E-state index in [-0.39, 0.29) is 5.91 Å². The van der Waals surface area contributed by atoms with Crippen molar-refractivity contribution in [3.05, 3.63) is 53.6 Å². The number of carbonyl (C=O) groups excluding carboxylic acids is 1. The molecular formula is C19H23NO4. The molecule has 0 atom stereocenters. The minimum absolute atomic E-state index is 0.0643. The number of rotatable bonds is 7. The number of ether oxygens (including phenoxy) is 3. The van der Waals surface area contributed by atoms with Crippen LogP contribution in [0.5, 0.6) is 17.2 Å². The number of hydrogen-bond acceptors (Lipinski definition) is 4. The average Bonchev–Trinajstić information content (AvgIpc) is 2.65. The standard InChI is InChI=1S/C19H23NO4/c1-5-20(13-14-6-8-16(22-2)9-7-14)19(21)15-10-17(23-3)12-18(11-15)24-4/h6-12H,5,13H2,1-4H3. The fraction of sp³-hybridized carbons (Fsp3) is 0.316. The molecule has 5 heteroatoms. The molecule has 1 amide bonds. The second-order valence-electron chi connectivity index (χ2n) is 5.27. The maximum Gasteiger partial charge on any atom is 0.254 e. The molecule has 0 N–H and O–H groups in total. The van der Waals surface area contributed by atoms with E-state index >= 15 is 0 Å². The minimum Gasteiger partial charge on any atom is -0.497 e. The first-order chi connectivity index (χ1) is 11.6. The predicted octanol–water partition coefficient (Wildman–Crippen LogP) is 3.37. The molecule has 0 saturated heterocycles. The Morgan fingerprint density at radius 2 is 1.42 bits per heavy atom. The third-order valence-electron chi connectivity index (χ3n) is 3.80. The van der Waals surface area contributed by atoms with Gasteiger partial charge in [-0.05, 0) is 36.8 Å². The van der Waals surface area contributed by atoms with Crippen molar-refractivity contribution in [2.75, 3.05) is 27.9 Å². The van der Waals surface area contributed by atoms with Crippen LogP contribution in [0.25, 0.3) is 0 Å². The summed E-state index contributed by atoms with van der Waals surface area (Å²) >= 11 is 0. The first kappa shape index (κ1) is 17.7. The lowest BCUT2D eigenvalue weighted by Crippen LogP contribution is -2.30. The van der Waals surface area contributed by atoms with Gasteiger partial charge in [-0.3, -0.25) is 4.79 Å². The van der Waals surface area contributed by atoms with Crippen LogP contribution < -0.4 is 14.2 Å². The molecule has 2 rings (SSSR count). The largest absolute Gasteiger partial charge is 0.497 e. The highest BCUT2D eigenvalue weighted by atomic mass is 16.5. The van der Waals surface area contributed by atoms with Crippen molar-refractivity contribution in [3.8, 4) is 17.2 Å². The van der Waals surface area contributed by atoms with Crippen molar-refractivity contribution in [1.29, 1.82) is 0 Å². The summed E-state index contributed by atoms with van der Waals surface area (Å²) in [7, 11) is 4.77. The molecule has 0 bridgehead atoms. The predicted molar refractivity (Wildman–Crippen MR) is 93.0 cm³/mol. The highest BCUT2D eigenvalue weighted by Crippen LogP contribution is 2.24. The summed E-state index contributed by atoms with van der Waals surface area (Å²) in [4.78, 5) is 14.6. The summed E-state index contributed by atoms with van der Waals surface area (Å²) in [6.45, 7) is 3.09. The van der Waals surface area contributed by atoms with Crippen LogP contribution in [0.3, 0.4) is 0 Å². The smallest absolute Gasteiger partial charge is 0.254 e. The van der Waals surface area contributed by atoms with Crippen LogP contribution in [0.1, 0.15) is 22.8 Å². The summed E-state index contributed by atoms with van der Waals surface area (Å²) < 4.78 is 15.6. The molecule has 2 aromatic rings. The van der Waals surface area contributed by atoms with Crippen molar-refractivity contribution in [2.24, 2.45) is 0 Å². The molecule has 0 aliphatic rings. The molecule has 24 heavy (non-hydrogen) atoms. The van der Waals surface area contributed by atoms with E-state index in [1.807, 2.05) is 31.2 Å². The Morgan fingerprint density at radius 1 is 0.875 bits per heavy atom. The van der Waals surface area contributed by atoms with E-state index < -0.39 is 0 Å². The van der Waals surface area contributed by atoms with Gasteiger partial charge in [0.25, 0.3) is 5.91 Å². The first-order valence-electron chi connectivity index (χ1n) is 7.76. The summed E-state index contributed by atoms with van der Waals surface area (Å²) in [6, 6.07) is 12.9. The highest BCUT2D eigenvalue weighted by Gasteiger charge is 2.17. The van der Waals surface area contributed by atoms with E-state index in [2.05, 4.69) is 0 Å². The lowest BCUT2D eigenvalue weighted by atomic mass is 10.1. The summed E-state index contributed by atoms with van der Waals surface area (Å²) in [5.41, 5.74) is 1.59. The lowest BCUT2D eigenvalue weighted by Gasteiger charge is -2.22. The number of methoxy groups -OCH3 is 3. The topological polar surface area (TPSA) is 48.0 Å². The molecule has 0 heterocycles. The molecule has 0 aromatic heterocycles. The summed E-state index contributed by atoms with van der Waals surface area (Å²) in [6.07, 6.45) is 0. The van der Waals surface area contributed by atoms with Crippen LogP contribution in [0.2, 0.25) is 0 Å². The van der Waals surface area contributed by atoms with E-state index in [1.54, 1.807) is 44.4 Å². The zero-order valence-electron chi connectivity index (χ0n) is 14.5. The molecule has 0 unspecified atom stereocenters. The van der Waals surface area contributed by atoms with Crippen LogP contribution in [-0.2, 0) is 6.54 Å². The Balaban J connectivity index is 2.21. The Kier molecular flexibility index (Phi) is 6.07. The van der Waals surface area contributed by atoms with Gasteiger partial charge in [-0.15, -0.1) is 0 Å². The van der Waals surface area contributed by atoms with Crippen LogP contribution in [0.15, 0.2) is 42.5 Å². The molecule has 0 aliphatic heterocycles. The molecule has 0 spiro atoms. The van der Waals surface area contributed by atoms with Gasteiger partial charge in [0.2, 0.25) is 0 Å². The number of hydrogen-bond donors (Lipinski definition) is 0. The molecule has 0 saturated carbocycles. The summed E-state index contributed by atoms with van der Waals surface area (Å²) in [5, 5.41) is 0. The molecule has 0 radical (unpaired) electrons. The van der Waals surface area contributed by atoms with Gasteiger partial charge in [0.1, 0.15) is 17.2 Å². The second kappa shape index (κ2) is 8.24. The second-order valence-corrected chi connectivity index (χ2v) is 5.27. The van der Waals surface area contributed by atoms with Gasteiger partial charge >= 0.3 is 0 Å². The van der Waals surface area contributed by atoms with E-state index in [0.717, 1.165) is 11.3 Å². The van der Waals surface area contributed by atoms with Gasteiger partial charge in [0, 0.05) is 24.7 Å². The third kappa shape index (κ3) is 4.19. The molecule has 2 aromatic carbocycles. The zero-order chi connectivity index (χ0) is 17.5. The van der Waals surface area contributed by atoms with Crippen LogP contribution in [0, 0.1) is 0 Å². The van der Waals surface area contributed by atoms with Gasteiger partial charge in [0.15, 0.2) is 0 Å². The third-order valence-corrected chi connectivity index (χ3v) is 3.80. The molecular weight excluding hydrogens is 306 g/mol. The van der Waals surface area contributed by atoms with E-state index in [4.69, 9.17) is 14.2 Å². The highest BCUT2D eigenvalue weighted by molar-refractivity contribution is 5.95. The van der Waals surface area contributed by atoms with Gasteiger partial charge < -0.3 is 19.1 Å². The Bertz CT molecular complexity index is 660. The summed E-state index contributed by atoms with van der Waals surface area (Å²) in [5.74, 6) is 1.92. The number of carbonyl (C=O) groups is 1. The first-order valence-corrected chi connectivity index (χ1v) is 7.76. The fourth-order valence-corrected chi connectivity index (χ4v) is 2.39. The van der Waals surface area contributed by atoms with E-state index in [0.29, 0.717) is 30.2 Å². The van der Waals surface area contributed by atoms with Gasteiger partial charge in [-0.1, -0.05) is 12.1 Å².